The highest BCUT2D eigenvalue weighted by atomic mass is 32.2. The Kier molecular flexibility index (Phi) is 36.1. The standard InChI is InChI=1S/C48H88O12S/c1-3-5-7-9-11-13-15-17-18-19-20-21-22-23-25-26-28-30-32-34-36-43(49)57-38-41(39-58-48-47(53)46(52)45(51)42(60-48)40-61(54,55)56)59-44(50)37-35-33-31-29-27-24-16-14-12-10-8-6-4-2/h24,27,31,33,41-42,45-48,51-53H,3-23,25-26,28-30,32,34-40H2,1-2H3,(H,54,55,56)/b27-24+,33-31+/t41?,42-,45-,46?,47?,48+/m1/s1. The van der Waals surface area contributed by atoms with E-state index in [2.05, 4.69) is 26.0 Å². The van der Waals surface area contributed by atoms with Crippen molar-refractivity contribution < 1.29 is 56.8 Å². The van der Waals surface area contributed by atoms with Crippen molar-refractivity contribution in [3.8, 4) is 0 Å². The molecule has 358 valence electrons. The van der Waals surface area contributed by atoms with Gasteiger partial charge in [-0.05, 0) is 32.1 Å². The Labute approximate surface area is 370 Å². The van der Waals surface area contributed by atoms with Gasteiger partial charge in [-0.25, -0.2) is 0 Å². The molecular formula is C48H88O12S. The molecule has 61 heavy (non-hydrogen) atoms. The Morgan fingerprint density at radius 1 is 0.557 bits per heavy atom. The van der Waals surface area contributed by atoms with Crippen molar-refractivity contribution in [2.75, 3.05) is 19.0 Å². The zero-order chi connectivity index (χ0) is 44.8. The number of allylic oxidation sites excluding steroid dienone is 4. The van der Waals surface area contributed by atoms with Gasteiger partial charge in [-0.2, -0.15) is 8.42 Å². The molecule has 13 heteroatoms. The molecule has 12 nitrogen and oxygen atoms in total. The number of hydrogen-bond acceptors (Lipinski definition) is 11. The summed E-state index contributed by atoms with van der Waals surface area (Å²) in [4.78, 5) is 25.4. The monoisotopic (exact) mass is 889 g/mol. The Hall–Kier alpha value is -1.87. The molecule has 1 aliphatic heterocycles. The predicted octanol–water partition coefficient (Wildman–Crippen LogP) is 10.4. The second kappa shape index (κ2) is 38.6. The van der Waals surface area contributed by atoms with Crippen LogP contribution in [0, 0.1) is 0 Å². The summed E-state index contributed by atoms with van der Waals surface area (Å²) in [7, 11) is -4.61. The van der Waals surface area contributed by atoms with Crippen LogP contribution in [0.15, 0.2) is 24.3 Å². The summed E-state index contributed by atoms with van der Waals surface area (Å²) in [5, 5.41) is 30.9. The van der Waals surface area contributed by atoms with Gasteiger partial charge in [0, 0.05) is 12.8 Å². The molecule has 3 unspecified atom stereocenters. The van der Waals surface area contributed by atoms with Gasteiger partial charge in [0.25, 0.3) is 10.1 Å². The molecule has 1 saturated heterocycles. The van der Waals surface area contributed by atoms with Crippen LogP contribution in [0.5, 0.6) is 0 Å². The molecule has 0 aromatic rings. The Morgan fingerprint density at radius 3 is 1.51 bits per heavy atom. The van der Waals surface area contributed by atoms with Crippen LogP contribution < -0.4 is 0 Å². The smallest absolute Gasteiger partial charge is 0.306 e. The molecule has 0 saturated carbocycles. The summed E-state index contributed by atoms with van der Waals surface area (Å²) in [6.07, 6.45) is 33.9. The van der Waals surface area contributed by atoms with Crippen molar-refractivity contribution in [2.24, 2.45) is 0 Å². The number of carbonyl (C=O) groups is 2. The average Bonchev–Trinajstić information content (AvgIpc) is 3.22. The molecule has 0 bridgehead atoms. The molecule has 0 amide bonds. The molecule has 0 aliphatic carbocycles. The minimum atomic E-state index is -4.61. The lowest BCUT2D eigenvalue weighted by molar-refractivity contribution is -0.297. The molecule has 1 rings (SSSR count). The lowest BCUT2D eigenvalue weighted by atomic mass is 10.00. The second-order valence-corrected chi connectivity index (χ2v) is 18.6. The summed E-state index contributed by atoms with van der Waals surface area (Å²) in [6.45, 7) is 3.72. The van der Waals surface area contributed by atoms with Gasteiger partial charge in [0.2, 0.25) is 0 Å². The van der Waals surface area contributed by atoms with E-state index >= 15 is 0 Å². The van der Waals surface area contributed by atoms with Gasteiger partial charge in [-0.1, -0.05) is 192 Å². The van der Waals surface area contributed by atoms with Crippen LogP contribution in [0.1, 0.15) is 213 Å². The van der Waals surface area contributed by atoms with Gasteiger partial charge < -0.3 is 34.3 Å². The maximum Gasteiger partial charge on any atom is 0.306 e. The maximum atomic E-state index is 12.8. The molecule has 1 heterocycles. The van der Waals surface area contributed by atoms with Gasteiger partial charge in [0.1, 0.15) is 36.8 Å². The predicted molar refractivity (Wildman–Crippen MR) is 243 cm³/mol. The fourth-order valence-corrected chi connectivity index (χ4v) is 8.19. The molecule has 1 aliphatic rings. The summed E-state index contributed by atoms with van der Waals surface area (Å²) < 4.78 is 54.0. The van der Waals surface area contributed by atoms with Gasteiger partial charge in [-0.3, -0.25) is 14.1 Å². The van der Waals surface area contributed by atoms with Crippen molar-refractivity contribution >= 4 is 22.1 Å². The number of rotatable bonds is 41. The molecule has 1 fully saturated rings. The third kappa shape index (κ3) is 33.3. The van der Waals surface area contributed by atoms with Crippen LogP contribution in [-0.4, -0.2) is 96.0 Å². The number of aliphatic hydroxyl groups excluding tert-OH is 3. The minimum absolute atomic E-state index is 0.0612. The normalized spacial score (nSPS) is 20.1. The fraction of sp³-hybridized carbons (Fsp3) is 0.875. The maximum absolute atomic E-state index is 12.8. The van der Waals surface area contributed by atoms with Crippen LogP contribution in [0.2, 0.25) is 0 Å². The third-order valence-corrected chi connectivity index (χ3v) is 12.0. The third-order valence-electron chi connectivity index (χ3n) is 11.3. The topological polar surface area (TPSA) is 186 Å². The first-order chi connectivity index (χ1) is 29.5. The van der Waals surface area contributed by atoms with E-state index in [1.54, 1.807) is 0 Å². The van der Waals surface area contributed by atoms with Gasteiger partial charge in [-0.15, -0.1) is 0 Å². The van der Waals surface area contributed by atoms with E-state index in [0.29, 0.717) is 12.8 Å². The van der Waals surface area contributed by atoms with Gasteiger partial charge in [0.15, 0.2) is 12.4 Å². The first kappa shape index (κ1) is 57.1. The Bertz CT molecular complexity index is 1220. The summed E-state index contributed by atoms with van der Waals surface area (Å²) in [5.41, 5.74) is 0. The highest BCUT2D eigenvalue weighted by Gasteiger charge is 2.46. The zero-order valence-corrected chi connectivity index (χ0v) is 39.1. The molecule has 0 aromatic heterocycles. The van der Waals surface area contributed by atoms with Crippen molar-refractivity contribution in [3.05, 3.63) is 24.3 Å². The fourth-order valence-electron chi connectivity index (χ4n) is 7.50. The molecule has 6 atom stereocenters. The molecule has 4 N–H and O–H groups in total. The average molecular weight is 889 g/mol. The van der Waals surface area contributed by atoms with E-state index in [1.807, 2.05) is 12.2 Å². The largest absolute Gasteiger partial charge is 0.462 e. The SMILES string of the molecule is CCCCCCCC/C=C/C/C=C/CCC(=O)OC(COC(=O)CCCCCCCCCCCCCCCCCCCCCC)CO[C@H]1O[C@H](CS(=O)(=O)O)[C@@H](O)C(O)C1O. The first-order valence-corrected chi connectivity index (χ1v) is 26.0. The zero-order valence-electron chi connectivity index (χ0n) is 38.3. The molecule has 0 spiro atoms. The summed E-state index contributed by atoms with van der Waals surface area (Å²) >= 11 is 0. The van der Waals surface area contributed by atoms with Gasteiger partial charge >= 0.3 is 11.9 Å². The van der Waals surface area contributed by atoms with E-state index in [1.165, 1.54) is 141 Å². The number of hydrogen-bond donors (Lipinski definition) is 4. The van der Waals surface area contributed by atoms with Crippen LogP contribution >= 0.6 is 0 Å². The number of carbonyl (C=O) groups excluding carboxylic acids is 2. The summed E-state index contributed by atoms with van der Waals surface area (Å²) in [5.74, 6) is -2.06. The second-order valence-electron chi connectivity index (χ2n) is 17.1. The van der Waals surface area contributed by atoms with Gasteiger partial charge in [0.05, 0.1) is 6.61 Å². The van der Waals surface area contributed by atoms with E-state index in [0.717, 1.165) is 32.1 Å². The minimum Gasteiger partial charge on any atom is -0.462 e. The number of aliphatic hydroxyl groups is 3. The quantitative estimate of drug-likeness (QED) is 0.0197. The lowest BCUT2D eigenvalue weighted by Gasteiger charge is -2.40. The molecule has 0 radical (unpaired) electrons. The van der Waals surface area contributed by atoms with E-state index < -0.39 is 71.2 Å². The lowest BCUT2D eigenvalue weighted by Crippen LogP contribution is -2.60. The highest BCUT2D eigenvalue weighted by Crippen LogP contribution is 2.24. The highest BCUT2D eigenvalue weighted by molar-refractivity contribution is 7.85. The van der Waals surface area contributed by atoms with Crippen molar-refractivity contribution in [2.45, 2.75) is 250 Å². The molecular weight excluding hydrogens is 801 g/mol. The first-order valence-electron chi connectivity index (χ1n) is 24.4. The van der Waals surface area contributed by atoms with Crippen LogP contribution in [-0.2, 0) is 38.7 Å². The Balaban J connectivity index is 2.39. The number of esters is 2. The van der Waals surface area contributed by atoms with Crippen molar-refractivity contribution in [3.63, 3.8) is 0 Å². The van der Waals surface area contributed by atoms with Crippen LogP contribution in [0.3, 0.4) is 0 Å². The van der Waals surface area contributed by atoms with Crippen LogP contribution in [0.25, 0.3) is 0 Å². The van der Waals surface area contributed by atoms with Crippen molar-refractivity contribution in [1.82, 2.24) is 0 Å². The van der Waals surface area contributed by atoms with E-state index in [4.69, 9.17) is 18.9 Å². The van der Waals surface area contributed by atoms with Crippen molar-refractivity contribution in [1.29, 1.82) is 0 Å². The summed E-state index contributed by atoms with van der Waals surface area (Å²) in [6, 6.07) is 0. The number of unbranched alkanes of at least 4 members (excludes halogenated alkanes) is 25. The Morgan fingerprint density at radius 2 is 1.02 bits per heavy atom. The number of ether oxygens (including phenoxy) is 4. The van der Waals surface area contributed by atoms with Crippen LogP contribution in [0.4, 0.5) is 0 Å². The molecule has 0 aromatic carbocycles. The van der Waals surface area contributed by atoms with E-state index in [-0.39, 0.29) is 19.4 Å². The van der Waals surface area contributed by atoms with E-state index in [9.17, 15) is 37.9 Å².